The molecule has 0 atom stereocenters. The number of H-pyrrole nitrogens is 1. The molecule has 0 aliphatic heterocycles. The Morgan fingerprint density at radius 1 is 1.60 bits per heavy atom. The average molecular weight is 165 g/mol. The molecule has 56 valence electrons. The van der Waals surface area contributed by atoms with Gasteiger partial charge in [-0.15, -0.1) is 0 Å². The van der Waals surface area contributed by atoms with E-state index in [0.29, 0.717) is 11.3 Å². The van der Waals surface area contributed by atoms with Gasteiger partial charge in [0.1, 0.15) is 0 Å². The van der Waals surface area contributed by atoms with Crippen LogP contribution >= 0.6 is 11.3 Å². The van der Waals surface area contributed by atoms with E-state index in [1.54, 1.807) is 0 Å². The van der Waals surface area contributed by atoms with Gasteiger partial charge in [-0.1, -0.05) is 11.3 Å². The number of rotatable bonds is 1. The van der Waals surface area contributed by atoms with Gasteiger partial charge < -0.3 is 4.98 Å². The Morgan fingerprint density at radius 2 is 2.20 bits per heavy atom. The lowest BCUT2D eigenvalue weighted by Gasteiger charge is -1.91. The number of thiazole rings is 1. The molecule has 1 aromatic heterocycles. The highest BCUT2D eigenvalue weighted by atomic mass is 32.1. The normalized spacial score (nSPS) is 10.8. The maximum absolute atomic E-state index is 11.9. The quantitative estimate of drug-likeness (QED) is 0.674. The van der Waals surface area contributed by atoms with Crippen LogP contribution in [0.1, 0.15) is 17.0 Å². The molecule has 1 aromatic rings. The number of aryl methyl sites for hydroxylation is 1. The first-order valence-corrected chi connectivity index (χ1v) is 3.40. The number of hydrogen-bond acceptors (Lipinski definition) is 2. The molecule has 0 amide bonds. The highest BCUT2D eigenvalue weighted by Gasteiger charge is 2.13. The van der Waals surface area contributed by atoms with E-state index in [9.17, 15) is 13.6 Å². The Kier molecular flexibility index (Phi) is 1.85. The summed E-state index contributed by atoms with van der Waals surface area (Å²) in [5.41, 5.74) is 0.269. The van der Waals surface area contributed by atoms with E-state index in [2.05, 4.69) is 4.98 Å². The Bertz CT molecular complexity index is 277. The van der Waals surface area contributed by atoms with Crippen molar-refractivity contribution in [2.45, 2.75) is 13.3 Å². The fraction of sp³-hybridized carbons (Fsp3) is 0.400. The highest BCUT2D eigenvalue weighted by Crippen LogP contribution is 2.22. The fourth-order valence-electron chi connectivity index (χ4n) is 0.625. The van der Waals surface area contributed by atoms with E-state index < -0.39 is 11.3 Å². The van der Waals surface area contributed by atoms with Crippen LogP contribution in [0.15, 0.2) is 4.79 Å². The number of halogens is 2. The molecule has 1 N–H and O–H groups in total. The molecule has 0 bridgehead atoms. The van der Waals surface area contributed by atoms with Gasteiger partial charge in [0.25, 0.3) is 6.43 Å². The molecule has 0 spiro atoms. The topological polar surface area (TPSA) is 32.9 Å². The van der Waals surface area contributed by atoms with Crippen LogP contribution in [0, 0.1) is 6.92 Å². The van der Waals surface area contributed by atoms with Crippen molar-refractivity contribution in [3.05, 3.63) is 20.2 Å². The van der Waals surface area contributed by atoms with Gasteiger partial charge >= 0.3 is 4.87 Å². The molecule has 0 saturated heterocycles. The SMILES string of the molecule is Cc1[nH]c(=O)sc1C(F)F. The van der Waals surface area contributed by atoms with E-state index >= 15 is 0 Å². The molecule has 2 nitrogen and oxygen atoms in total. The lowest BCUT2D eigenvalue weighted by Crippen LogP contribution is -1.91. The van der Waals surface area contributed by atoms with Crippen LogP contribution in [-0.4, -0.2) is 4.98 Å². The summed E-state index contributed by atoms with van der Waals surface area (Å²) < 4.78 is 23.8. The van der Waals surface area contributed by atoms with E-state index in [4.69, 9.17) is 0 Å². The van der Waals surface area contributed by atoms with Gasteiger partial charge in [0.05, 0.1) is 4.88 Å². The summed E-state index contributed by atoms with van der Waals surface area (Å²) in [7, 11) is 0. The minimum Gasteiger partial charge on any atom is -0.316 e. The number of hydrogen-bond donors (Lipinski definition) is 1. The first-order valence-electron chi connectivity index (χ1n) is 2.59. The highest BCUT2D eigenvalue weighted by molar-refractivity contribution is 7.09. The molecule has 0 unspecified atom stereocenters. The summed E-state index contributed by atoms with van der Waals surface area (Å²) in [5.74, 6) is 0. The van der Waals surface area contributed by atoms with Crippen molar-refractivity contribution in [3.63, 3.8) is 0 Å². The number of aromatic nitrogens is 1. The molecule has 0 fully saturated rings. The second-order valence-electron chi connectivity index (χ2n) is 1.80. The lowest BCUT2D eigenvalue weighted by molar-refractivity contribution is 0.154. The zero-order valence-corrected chi connectivity index (χ0v) is 5.97. The summed E-state index contributed by atoms with van der Waals surface area (Å²) in [5, 5.41) is 0. The Morgan fingerprint density at radius 3 is 2.40 bits per heavy atom. The van der Waals surface area contributed by atoms with Crippen molar-refractivity contribution >= 4 is 11.3 Å². The Labute approximate surface area is 59.5 Å². The van der Waals surface area contributed by atoms with Crippen LogP contribution in [-0.2, 0) is 0 Å². The van der Waals surface area contributed by atoms with Gasteiger partial charge in [-0.2, -0.15) is 0 Å². The third-order valence-corrected chi connectivity index (χ3v) is 2.05. The van der Waals surface area contributed by atoms with Crippen molar-refractivity contribution in [2.24, 2.45) is 0 Å². The summed E-state index contributed by atoms with van der Waals surface area (Å²) in [6.45, 7) is 1.46. The minimum absolute atomic E-state index is 0.162. The van der Waals surface area contributed by atoms with Gasteiger partial charge in [0, 0.05) is 5.69 Å². The van der Waals surface area contributed by atoms with Gasteiger partial charge in [0.15, 0.2) is 0 Å². The molecule has 5 heteroatoms. The van der Waals surface area contributed by atoms with Gasteiger partial charge in [0.2, 0.25) is 0 Å². The van der Waals surface area contributed by atoms with Gasteiger partial charge in [-0.3, -0.25) is 4.79 Å². The smallest absolute Gasteiger partial charge is 0.305 e. The first kappa shape index (κ1) is 7.40. The van der Waals surface area contributed by atoms with Crippen molar-refractivity contribution in [3.8, 4) is 0 Å². The molecule has 0 saturated carbocycles. The maximum Gasteiger partial charge on any atom is 0.305 e. The first-order chi connectivity index (χ1) is 4.61. The van der Waals surface area contributed by atoms with Crippen LogP contribution in [0.25, 0.3) is 0 Å². The summed E-state index contributed by atoms with van der Waals surface area (Å²) in [6, 6.07) is 0. The van der Waals surface area contributed by atoms with E-state index in [1.807, 2.05) is 0 Å². The number of aromatic amines is 1. The van der Waals surface area contributed by atoms with Crippen LogP contribution in [0.4, 0.5) is 8.78 Å². The molecule has 10 heavy (non-hydrogen) atoms. The lowest BCUT2D eigenvalue weighted by atomic mass is 10.4. The average Bonchev–Trinajstić information content (AvgIpc) is 2.10. The predicted molar refractivity (Wildman–Crippen MR) is 34.6 cm³/mol. The number of nitrogens with one attached hydrogen (secondary N) is 1. The minimum atomic E-state index is -2.54. The molecule has 0 aliphatic rings. The largest absolute Gasteiger partial charge is 0.316 e. The zero-order chi connectivity index (χ0) is 7.72. The predicted octanol–water partition coefficient (Wildman–Crippen LogP) is 1.68. The van der Waals surface area contributed by atoms with Crippen LogP contribution in [0.3, 0.4) is 0 Å². The second-order valence-corrected chi connectivity index (χ2v) is 2.82. The Hall–Kier alpha value is -0.710. The molecule has 0 radical (unpaired) electrons. The summed E-state index contributed by atoms with van der Waals surface area (Å²) >= 11 is 0.561. The van der Waals surface area contributed by atoms with Crippen molar-refractivity contribution in [2.75, 3.05) is 0 Å². The monoisotopic (exact) mass is 165 g/mol. The second kappa shape index (κ2) is 2.49. The van der Waals surface area contributed by atoms with Crippen molar-refractivity contribution in [1.82, 2.24) is 4.98 Å². The summed E-state index contributed by atoms with van der Waals surface area (Å²) in [6.07, 6.45) is -2.54. The molecular formula is C5H5F2NOS. The van der Waals surface area contributed by atoms with Crippen LogP contribution < -0.4 is 4.87 Å². The molecule has 0 aliphatic carbocycles. The van der Waals surface area contributed by atoms with Crippen LogP contribution in [0.2, 0.25) is 0 Å². The van der Waals surface area contributed by atoms with Gasteiger partial charge in [-0.25, -0.2) is 8.78 Å². The maximum atomic E-state index is 11.9. The third kappa shape index (κ3) is 1.23. The summed E-state index contributed by atoms with van der Waals surface area (Å²) in [4.78, 5) is 12.1. The van der Waals surface area contributed by atoms with E-state index in [0.717, 1.165) is 0 Å². The van der Waals surface area contributed by atoms with E-state index in [1.165, 1.54) is 6.92 Å². The number of alkyl halides is 2. The standard InChI is InChI=1S/C5H5F2NOS/c1-2-3(4(6)7)10-5(9)8-2/h4H,1H3,(H,8,9). The Balaban J connectivity index is 3.15. The van der Waals surface area contributed by atoms with Crippen LogP contribution in [0.5, 0.6) is 0 Å². The third-order valence-electron chi connectivity index (χ3n) is 1.06. The van der Waals surface area contributed by atoms with Crippen molar-refractivity contribution in [1.29, 1.82) is 0 Å². The van der Waals surface area contributed by atoms with Crippen molar-refractivity contribution < 1.29 is 8.78 Å². The molecular weight excluding hydrogens is 160 g/mol. The van der Waals surface area contributed by atoms with Gasteiger partial charge in [-0.05, 0) is 6.92 Å². The zero-order valence-electron chi connectivity index (χ0n) is 5.15. The molecule has 1 rings (SSSR count). The molecule has 1 heterocycles. The van der Waals surface area contributed by atoms with E-state index in [-0.39, 0.29) is 10.6 Å². The molecule has 0 aromatic carbocycles. The fourth-order valence-corrected chi connectivity index (χ4v) is 1.32.